The molecule has 0 unspecified atom stereocenters. The maximum absolute atomic E-state index is 13.8. The Labute approximate surface area is 228 Å². The molecule has 0 radical (unpaired) electrons. The van der Waals surface area contributed by atoms with Crippen LogP contribution in [0.1, 0.15) is 37.0 Å². The van der Waals surface area contributed by atoms with Gasteiger partial charge in [0.05, 0.1) is 14.2 Å². The molecule has 0 aliphatic carbocycles. The number of aryl methyl sites for hydroxylation is 1. The molecule has 2 amide bonds. The summed E-state index contributed by atoms with van der Waals surface area (Å²) in [5, 5.41) is 3.02. The first-order valence-corrected chi connectivity index (χ1v) is 13.2. The van der Waals surface area contributed by atoms with E-state index in [1.165, 1.54) is 0 Å². The molecular weight excluding hydrogens is 532 g/mol. The Kier molecular flexibility index (Phi) is 10.6. The molecule has 196 valence electrons. The van der Waals surface area contributed by atoms with E-state index in [0.717, 1.165) is 21.2 Å². The molecule has 0 saturated heterocycles. The van der Waals surface area contributed by atoms with Crippen molar-refractivity contribution in [1.29, 1.82) is 0 Å². The van der Waals surface area contributed by atoms with Crippen LogP contribution in [0, 0.1) is 0 Å². The molecule has 0 fully saturated rings. The van der Waals surface area contributed by atoms with Crippen LogP contribution in [-0.4, -0.2) is 43.0 Å². The van der Waals surface area contributed by atoms with Gasteiger partial charge in [0.15, 0.2) is 11.5 Å². The summed E-state index contributed by atoms with van der Waals surface area (Å²) in [5.41, 5.74) is 2.90. The summed E-state index contributed by atoms with van der Waals surface area (Å²) in [5.74, 6) is 1.02. The molecule has 0 spiro atoms. The maximum atomic E-state index is 13.8. The number of rotatable bonds is 12. The summed E-state index contributed by atoms with van der Waals surface area (Å²) in [7, 11) is 3.18. The average molecular weight is 568 g/mol. The molecule has 0 saturated carbocycles. The minimum Gasteiger partial charge on any atom is -0.493 e. The summed E-state index contributed by atoms with van der Waals surface area (Å²) >= 11 is 3.52. The predicted molar refractivity (Wildman–Crippen MR) is 150 cm³/mol. The Morgan fingerprint density at radius 1 is 0.865 bits per heavy atom. The van der Waals surface area contributed by atoms with Gasteiger partial charge in [-0.05, 0) is 61.2 Å². The Bertz CT molecular complexity index is 1180. The summed E-state index contributed by atoms with van der Waals surface area (Å²) in [6, 6.07) is 22.6. The third-order valence-electron chi connectivity index (χ3n) is 6.02. The van der Waals surface area contributed by atoms with Gasteiger partial charge in [0.25, 0.3) is 0 Å². The van der Waals surface area contributed by atoms with Gasteiger partial charge in [-0.2, -0.15) is 0 Å². The molecule has 1 atom stereocenters. The number of hydrogen-bond donors (Lipinski definition) is 1. The van der Waals surface area contributed by atoms with Gasteiger partial charge in [0.2, 0.25) is 11.8 Å². The van der Waals surface area contributed by atoms with Crippen molar-refractivity contribution in [2.75, 3.05) is 14.2 Å². The minimum absolute atomic E-state index is 0.0413. The number of methoxy groups -OCH3 is 2. The monoisotopic (exact) mass is 566 g/mol. The lowest BCUT2D eigenvalue weighted by Gasteiger charge is -2.32. The Morgan fingerprint density at radius 2 is 1.57 bits per heavy atom. The number of amides is 2. The van der Waals surface area contributed by atoms with Gasteiger partial charge in [0.1, 0.15) is 6.04 Å². The molecule has 1 N–H and O–H groups in total. The Morgan fingerprint density at radius 3 is 2.22 bits per heavy atom. The van der Waals surface area contributed by atoms with Crippen molar-refractivity contribution in [3.05, 3.63) is 94.0 Å². The number of halogens is 1. The molecule has 3 rings (SSSR count). The van der Waals surface area contributed by atoms with Crippen LogP contribution in [0.25, 0.3) is 0 Å². The molecule has 7 heteroatoms. The van der Waals surface area contributed by atoms with E-state index in [0.29, 0.717) is 30.9 Å². The van der Waals surface area contributed by atoms with E-state index in [9.17, 15) is 9.59 Å². The fourth-order valence-electron chi connectivity index (χ4n) is 4.20. The van der Waals surface area contributed by atoms with E-state index < -0.39 is 6.04 Å². The van der Waals surface area contributed by atoms with Crippen molar-refractivity contribution in [2.24, 2.45) is 0 Å². The van der Waals surface area contributed by atoms with E-state index in [-0.39, 0.29) is 24.3 Å². The van der Waals surface area contributed by atoms with Crippen LogP contribution in [0.2, 0.25) is 0 Å². The highest BCUT2D eigenvalue weighted by molar-refractivity contribution is 9.10. The Hall–Kier alpha value is -3.32. The number of carbonyl (C=O) groups is 2. The highest BCUT2D eigenvalue weighted by atomic mass is 79.9. The van der Waals surface area contributed by atoms with Gasteiger partial charge in [-0.25, -0.2) is 0 Å². The topological polar surface area (TPSA) is 67.9 Å². The number of nitrogens with one attached hydrogen (secondary N) is 1. The van der Waals surface area contributed by atoms with Gasteiger partial charge in [0, 0.05) is 29.9 Å². The second kappa shape index (κ2) is 13.8. The van der Waals surface area contributed by atoms with E-state index in [1.54, 1.807) is 19.1 Å². The van der Waals surface area contributed by atoms with Crippen LogP contribution in [-0.2, 0) is 29.0 Å². The SMILES string of the molecule is COc1ccc(CCC(=O)N(Cc2cccc(Br)c2)[C@H](Cc2ccccc2)C(=O)NC(C)C)cc1OC. The standard InChI is InChI=1S/C30H35BrN2O4/c1-21(2)32-30(35)26(18-22-9-6-5-7-10-22)33(20-24-11-8-12-25(31)17-24)29(34)16-14-23-13-15-27(36-3)28(19-23)37-4/h5-13,15,17,19,21,26H,14,16,18,20H2,1-4H3,(H,32,35)/t26-/m1/s1. The van der Waals surface area contributed by atoms with Crippen molar-refractivity contribution >= 4 is 27.7 Å². The van der Waals surface area contributed by atoms with Gasteiger partial charge in [-0.3, -0.25) is 9.59 Å². The van der Waals surface area contributed by atoms with Crippen LogP contribution < -0.4 is 14.8 Å². The van der Waals surface area contributed by atoms with E-state index in [2.05, 4.69) is 21.2 Å². The summed E-state index contributed by atoms with van der Waals surface area (Å²) in [4.78, 5) is 28.9. The van der Waals surface area contributed by atoms with Crippen molar-refractivity contribution < 1.29 is 19.1 Å². The fourth-order valence-corrected chi connectivity index (χ4v) is 4.64. The van der Waals surface area contributed by atoms with Crippen molar-refractivity contribution in [2.45, 2.75) is 51.7 Å². The number of hydrogen-bond acceptors (Lipinski definition) is 4. The summed E-state index contributed by atoms with van der Waals surface area (Å²) < 4.78 is 11.7. The highest BCUT2D eigenvalue weighted by Crippen LogP contribution is 2.28. The molecule has 3 aromatic rings. The third kappa shape index (κ3) is 8.35. The molecule has 6 nitrogen and oxygen atoms in total. The van der Waals surface area contributed by atoms with Crippen LogP contribution in [0.15, 0.2) is 77.3 Å². The van der Waals surface area contributed by atoms with Crippen molar-refractivity contribution in [3.8, 4) is 11.5 Å². The maximum Gasteiger partial charge on any atom is 0.243 e. The first kappa shape index (κ1) is 28.3. The van der Waals surface area contributed by atoms with Gasteiger partial charge in [-0.15, -0.1) is 0 Å². The number of carbonyl (C=O) groups excluding carboxylic acids is 2. The molecule has 0 aliphatic heterocycles. The number of nitrogens with zero attached hydrogens (tertiary/aromatic N) is 1. The zero-order valence-electron chi connectivity index (χ0n) is 21.9. The smallest absolute Gasteiger partial charge is 0.243 e. The summed E-state index contributed by atoms with van der Waals surface area (Å²) in [6.45, 7) is 4.18. The zero-order valence-corrected chi connectivity index (χ0v) is 23.5. The molecule has 0 bridgehead atoms. The van der Waals surface area contributed by atoms with Gasteiger partial charge in [-0.1, -0.05) is 64.5 Å². The van der Waals surface area contributed by atoms with Crippen LogP contribution in [0.4, 0.5) is 0 Å². The predicted octanol–water partition coefficient (Wildman–Crippen LogP) is 5.56. The summed E-state index contributed by atoms with van der Waals surface area (Å²) in [6.07, 6.45) is 1.19. The second-order valence-electron chi connectivity index (χ2n) is 9.21. The quantitative estimate of drug-likeness (QED) is 0.311. The number of benzene rings is 3. The molecule has 37 heavy (non-hydrogen) atoms. The lowest BCUT2D eigenvalue weighted by Crippen LogP contribution is -2.51. The Balaban J connectivity index is 1.90. The third-order valence-corrected chi connectivity index (χ3v) is 6.51. The molecule has 0 aliphatic rings. The molecular formula is C30H35BrN2O4. The zero-order chi connectivity index (χ0) is 26.8. The molecule has 0 aromatic heterocycles. The first-order valence-electron chi connectivity index (χ1n) is 12.4. The number of ether oxygens (including phenoxy) is 2. The van der Waals surface area contributed by atoms with Gasteiger partial charge >= 0.3 is 0 Å². The normalized spacial score (nSPS) is 11.6. The molecule has 3 aromatic carbocycles. The van der Waals surface area contributed by atoms with Crippen LogP contribution in [0.3, 0.4) is 0 Å². The minimum atomic E-state index is -0.651. The molecule has 0 heterocycles. The second-order valence-corrected chi connectivity index (χ2v) is 10.1. The largest absolute Gasteiger partial charge is 0.493 e. The van der Waals surface area contributed by atoms with Gasteiger partial charge < -0.3 is 19.7 Å². The van der Waals surface area contributed by atoms with E-state index in [1.807, 2.05) is 86.6 Å². The van der Waals surface area contributed by atoms with Crippen LogP contribution in [0.5, 0.6) is 11.5 Å². The fraction of sp³-hybridized carbons (Fsp3) is 0.333. The van der Waals surface area contributed by atoms with E-state index in [4.69, 9.17) is 9.47 Å². The van der Waals surface area contributed by atoms with E-state index >= 15 is 0 Å². The average Bonchev–Trinajstić information content (AvgIpc) is 2.89. The lowest BCUT2D eigenvalue weighted by molar-refractivity contribution is -0.141. The first-order chi connectivity index (χ1) is 17.8. The lowest BCUT2D eigenvalue weighted by atomic mass is 10.0. The van der Waals surface area contributed by atoms with Crippen molar-refractivity contribution in [1.82, 2.24) is 10.2 Å². The van der Waals surface area contributed by atoms with Crippen LogP contribution >= 0.6 is 15.9 Å². The van der Waals surface area contributed by atoms with Crippen molar-refractivity contribution in [3.63, 3.8) is 0 Å². The highest BCUT2D eigenvalue weighted by Gasteiger charge is 2.30.